The first-order valence-corrected chi connectivity index (χ1v) is 11.8. The molecule has 0 aromatic heterocycles. The summed E-state index contributed by atoms with van der Waals surface area (Å²) < 4.78 is 19.6. The third kappa shape index (κ3) is 4.40. The van der Waals surface area contributed by atoms with Crippen molar-refractivity contribution in [2.75, 3.05) is 19.7 Å². The van der Waals surface area contributed by atoms with Crippen LogP contribution in [0.25, 0.3) is 0 Å². The van der Waals surface area contributed by atoms with Gasteiger partial charge in [-0.05, 0) is 55.3 Å². The summed E-state index contributed by atoms with van der Waals surface area (Å²) in [6, 6.07) is 11.4. The molecule has 0 radical (unpaired) electrons. The van der Waals surface area contributed by atoms with Crippen molar-refractivity contribution in [3.05, 3.63) is 70.5 Å². The summed E-state index contributed by atoms with van der Waals surface area (Å²) in [5.74, 6) is -1.22. The average Bonchev–Trinajstić information content (AvgIpc) is 3.58. The molecular weight excluding hydrogens is 461 g/mol. The zero-order valence-corrected chi connectivity index (χ0v) is 19.3. The number of nitrogens with zero attached hydrogens (tertiary/aromatic N) is 2. The Morgan fingerprint density at radius 2 is 1.71 bits per heavy atom. The van der Waals surface area contributed by atoms with Crippen LogP contribution in [0.3, 0.4) is 0 Å². The van der Waals surface area contributed by atoms with Gasteiger partial charge in [0.1, 0.15) is 17.6 Å². The Bertz CT molecular complexity index is 1110. The molecule has 2 saturated heterocycles. The number of carbonyl (C=O) groups is 3. The predicted molar refractivity (Wildman–Crippen MR) is 123 cm³/mol. The Labute approximate surface area is 201 Å². The number of rotatable bonds is 4. The molecule has 3 fully saturated rings. The number of amides is 3. The van der Waals surface area contributed by atoms with Gasteiger partial charge in [-0.25, -0.2) is 4.39 Å². The minimum Gasteiger partial charge on any atom is -0.353 e. The molecule has 2 heterocycles. The molecule has 9 heteroatoms. The summed E-state index contributed by atoms with van der Waals surface area (Å²) >= 11 is 6.04. The van der Waals surface area contributed by atoms with E-state index < -0.39 is 17.6 Å². The van der Waals surface area contributed by atoms with E-state index >= 15 is 0 Å². The lowest BCUT2D eigenvalue weighted by atomic mass is 9.96. The number of ether oxygens (including phenoxy) is 1. The number of hydrogen-bond donors (Lipinski definition) is 1. The number of piperidine rings is 1. The summed E-state index contributed by atoms with van der Waals surface area (Å²) in [6.45, 7) is 0.790. The first kappa shape index (κ1) is 22.8. The van der Waals surface area contributed by atoms with Crippen LogP contribution >= 0.6 is 11.6 Å². The highest BCUT2D eigenvalue weighted by atomic mass is 35.5. The minimum atomic E-state index is -1.01. The summed E-state index contributed by atoms with van der Waals surface area (Å²) in [6.07, 6.45) is 2.58. The average molecular weight is 486 g/mol. The third-order valence-corrected chi connectivity index (χ3v) is 6.94. The summed E-state index contributed by atoms with van der Waals surface area (Å²) in [4.78, 5) is 42.8. The first-order chi connectivity index (χ1) is 16.4. The fraction of sp³-hybridized carbons (Fsp3) is 0.400. The first-order valence-electron chi connectivity index (χ1n) is 11.4. The third-order valence-electron chi connectivity index (χ3n) is 6.70. The van der Waals surface area contributed by atoms with Gasteiger partial charge < -0.3 is 15.0 Å². The van der Waals surface area contributed by atoms with Gasteiger partial charge in [-0.1, -0.05) is 17.7 Å². The fourth-order valence-electron chi connectivity index (χ4n) is 4.69. The molecule has 1 aliphatic carbocycles. The number of hydrogen-bond acceptors (Lipinski definition) is 4. The van der Waals surface area contributed by atoms with Crippen LogP contribution in [0, 0.1) is 5.82 Å². The molecule has 1 atom stereocenters. The zero-order valence-electron chi connectivity index (χ0n) is 18.5. The number of carbonyl (C=O) groups excluding carboxylic acids is 3. The number of halogens is 2. The molecule has 7 nitrogen and oxygen atoms in total. The molecule has 34 heavy (non-hydrogen) atoms. The van der Waals surface area contributed by atoms with Crippen LogP contribution in [0.2, 0.25) is 5.02 Å². The van der Waals surface area contributed by atoms with E-state index in [4.69, 9.17) is 16.3 Å². The summed E-state index contributed by atoms with van der Waals surface area (Å²) in [5.41, 5.74) is -0.230. The maximum absolute atomic E-state index is 13.6. The van der Waals surface area contributed by atoms with Crippen molar-refractivity contribution in [2.45, 2.75) is 43.5 Å². The summed E-state index contributed by atoms with van der Waals surface area (Å²) in [7, 11) is 0. The standard InChI is InChI=1S/C25H25ClFN3O4/c26-18-3-1-2-17(14-18)23(32)29-12-10-25(11-13-29)30(24(33)16-4-6-19(27)7-5-16)21(15-34-25)22(31)28-20-8-9-20/h1-7,14,20-21H,8-13,15H2,(H,28,31). The molecule has 5 rings (SSSR count). The molecule has 3 amide bonds. The van der Waals surface area contributed by atoms with Gasteiger partial charge in [0.05, 0.1) is 6.61 Å². The molecular formula is C25H25ClFN3O4. The lowest BCUT2D eigenvalue weighted by Gasteiger charge is -2.44. The van der Waals surface area contributed by atoms with E-state index in [1.165, 1.54) is 29.2 Å². The lowest BCUT2D eigenvalue weighted by Crippen LogP contribution is -2.60. The van der Waals surface area contributed by atoms with Crippen LogP contribution in [0.15, 0.2) is 48.5 Å². The molecule has 1 spiro atoms. The van der Waals surface area contributed by atoms with Crippen molar-refractivity contribution >= 4 is 29.3 Å². The van der Waals surface area contributed by atoms with Gasteiger partial charge in [0.2, 0.25) is 5.91 Å². The van der Waals surface area contributed by atoms with Crippen molar-refractivity contribution in [1.29, 1.82) is 0 Å². The Morgan fingerprint density at radius 1 is 1.00 bits per heavy atom. The van der Waals surface area contributed by atoms with Crippen LogP contribution in [0.5, 0.6) is 0 Å². The predicted octanol–water partition coefficient (Wildman–Crippen LogP) is 3.23. The quantitative estimate of drug-likeness (QED) is 0.721. The van der Waals surface area contributed by atoms with E-state index in [2.05, 4.69) is 5.32 Å². The monoisotopic (exact) mass is 485 g/mol. The highest BCUT2D eigenvalue weighted by Crippen LogP contribution is 2.39. The van der Waals surface area contributed by atoms with Gasteiger partial charge >= 0.3 is 0 Å². The van der Waals surface area contributed by atoms with E-state index in [-0.39, 0.29) is 35.9 Å². The van der Waals surface area contributed by atoms with Crippen molar-refractivity contribution in [1.82, 2.24) is 15.1 Å². The molecule has 178 valence electrons. The largest absolute Gasteiger partial charge is 0.353 e. The van der Waals surface area contributed by atoms with Crippen molar-refractivity contribution in [3.8, 4) is 0 Å². The molecule has 1 saturated carbocycles. The number of benzene rings is 2. The van der Waals surface area contributed by atoms with Gasteiger partial charge in [-0.2, -0.15) is 0 Å². The normalized spacial score (nSPS) is 21.5. The SMILES string of the molecule is O=C(NC1CC1)C1COC2(CCN(C(=O)c3cccc(Cl)c3)CC2)N1C(=O)c1ccc(F)cc1. The second-order valence-corrected chi connectivity index (χ2v) is 9.48. The fourth-order valence-corrected chi connectivity index (χ4v) is 4.88. The van der Waals surface area contributed by atoms with Gasteiger partial charge in [0.15, 0.2) is 0 Å². The van der Waals surface area contributed by atoms with E-state index in [0.29, 0.717) is 36.5 Å². The molecule has 3 aliphatic rings. The smallest absolute Gasteiger partial charge is 0.256 e. The lowest BCUT2D eigenvalue weighted by molar-refractivity contribution is -0.128. The molecule has 1 unspecified atom stereocenters. The number of nitrogens with one attached hydrogen (secondary N) is 1. The Kier molecular flexibility index (Phi) is 6.04. The maximum atomic E-state index is 13.6. The van der Waals surface area contributed by atoms with Crippen LogP contribution in [-0.4, -0.2) is 65.0 Å². The molecule has 2 aromatic rings. The van der Waals surface area contributed by atoms with E-state index in [1.54, 1.807) is 29.2 Å². The molecule has 0 bridgehead atoms. The Morgan fingerprint density at radius 3 is 2.35 bits per heavy atom. The minimum absolute atomic E-state index is 0.0771. The van der Waals surface area contributed by atoms with Crippen LogP contribution in [0.4, 0.5) is 4.39 Å². The highest BCUT2D eigenvalue weighted by molar-refractivity contribution is 6.30. The molecule has 2 aliphatic heterocycles. The van der Waals surface area contributed by atoms with E-state index in [0.717, 1.165) is 12.8 Å². The van der Waals surface area contributed by atoms with Crippen molar-refractivity contribution in [3.63, 3.8) is 0 Å². The van der Waals surface area contributed by atoms with E-state index in [1.807, 2.05) is 0 Å². The molecule has 2 aromatic carbocycles. The van der Waals surface area contributed by atoms with Crippen molar-refractivity contribution in [2.24, 2.45) is 0 Å². The van der Waals surface area contributed by atoms with Crippen LogP contribution < -0.4 is 5.32 Å². The second kappa shape index (κ2) is 9.00. The van der Waals surface area contributed by atoms with Crippen LogP contribution in [0.1, 0.15) is 46.4 Å². The van der Waals surface area contributed by atoms with Gasteiger partial charge in [-0.15, -0.1) is 0 Å². The topological polar surface area (TPSA) is 79.0 Å². The second-order valence-electron chi connectivity index (χ2n) is 9.04. The van der Waals surface area contributed by atoms with Crippen molar-refractivity contribution < 1.29 is 23.5 Å². The summed E-state index contributed by atoms with van der Waals surface area (Å²) in [5, 5.41) is 3.45. The maximum Gasteiger partial charge on any atom is 0.256 e. The van der Waals surface area contributed by atoms with Gasteiger partial charge in [0, 0.05) is 48.1 Å². The zero-order chi connectivity index (χ0) is 23.9. The Hall–Kier alpha value is -2.97. The Balaban J connectivity index is 1.37. The van der Waals surface area contributed by atoms with E-state index in [9.17, 15) is 18.8 Å². The van der Waals surface area contributed by atoms with Gasteiger partial charge in [-0.3, -0.25) is 19.3 Å². The molecule has 1 N–H and O–H groups in total. The van der Waals surface area contributed by atoms with Crippen LogP contribution in [-0.2, 0) is 9.53 Å². The number of likely N-dealkylation sites (tertiary alicyclic amines) is 1. The van der Waals surface area contributed by atoms with Gasteiger partial charge in [0.25, 0.3) is 11.8 Å². The highest BCUT2D eigenvalue weighted by Gasteiger charge is 2.54.